The molecular weight excluding hydrogens is 218 g/mol. The molecule has 2 amide bonds. The van der Waals surface area contributed by atoms with E-state index in [1.165, 1.54) is 0 Å². The SMILES string of the molecule is CC(C)[C@@H](N)C(=O)N1CCC2(CC1)CC(=O)N2. The zero-order chi connectivity index (χ0) is 12.6. The smallest absolute Gasteiger partial charge is 0.239 e. The maximum atomic E-state index is 12.0. The lowest BCUT2D eigenvalue weighted by molar-refractivity contribution is -0.140. The molecule has 5 heteroatoms. The van der Waals surface area contributed by atoms with Crippen LogP contribution in [0.1, 0.15) is 33.1 Å². The number of carbonyl (C=O) groups excluding carboxylic acids is 2. The standard InChI is InChI=1S/C12H21N3O2/c1-8(2)10(13)11(17)15-5-3-12(4-6-15)7-9(16)14-12/h8,10H,3-7,13H2,1-2H3,(H,14,16)/t10-/m1/s1. The normalized spacial score (nSPS) is 24.5. The highest BCUT2D eigenvalue weighted by Crippen LogP contribution is 2.32. The Morgan fingerprint density at radius 3 is 2.35 bits per heavy atom. The molecule has 0 radical (unpaired) electrons. The Kier molecular flexibility index (Phi) is 3.12. The highest BCUT2D eigenvalue weighted by atomic mass is 16.2. The Hall–Kier alpha value is -1.10. The molecule has 2 saturated heterocycles. The van der Waals surface area contributed by atoms with Gasteiger partial charge in [0.1, 0.15) is 0 Å². The highest BCUT2D eigenvalue weighted by molar-refractivity contribution is 5.85. The Balaban J connectivity index is 1.87. The van der Waals surface area contributed by atoms with Crippen LogP contribution in [0.2, 0.25) is 0 Å². The van der Waals surface area contributed by atoms with Crippen LogP contribution >= 0.6 is 0 Å². The molecule has 0 bridgehead atoms. The van der Waals surface area contributed by atoms with Gasteiger partial charge >= 0.3 is 0 Å². The second kappa shape index (κ2) is 4.29. The fraction of sp³-hybridized carbons (Fsp3) is 0.833. The number of carbonyl (C=O) groups is 2. The Bertz CT molecular complexity index is 323. The van der Waals surface area contributed by atoms with Crippen molar-refractivity contribution in [1.82, 2.24) is 10.2 Å². The quantitative estimate of drug-likeness (QED) is 0.658. The van der Waals surface area contributed by atoms with Gasteiger partial charge in [-0.05, 0) is 18.8 Å². The summed E-state index contributed by atoms with van der Waals surface area (Å²) in [5.41, 5.74) is 5.85. The second-order valence-electron chi connectivity index (χ2n) is 5.60. The highest BCUT2D eigenvalue weighted by Gasteiger charge is 2.45. The number of nitrogens with one attached hydrogen (secondary N) is 1. The summed E-state index contributed by atoms with van der Waals surface area (Å²) in [6.07, 6.45) is 2.33. The molecule has 17 heavy (non-hydrogen) atoms. The first kappa shape index (κ1) is 12.4. The molecule has 0 aromatic rings. The number of nitrogens with zero attached hydrogens (tertiary/aromatic N) is 1. The summed E-state index contributed by atoms with van der Waals surface area (Å²) in [4.78, 5) is 24.8. The van der Waals surface area contributed by atoms with Gasteiger partial charge in [-0.2, -0.15) is 0 Å². The molecule has 3 N–H and O–H groups in total. The molecule has 0 aromatic heterocycles. The third kappa shape index (κ3) is 2.29. The van der Waals surface area contributed by atoms with Gasteiger partial charge in [-0.3, -0.25) is 9.59 Å². The predicted octanol–water partition coefficient (Wildman–Crippen LogP) is -0.149. The fourth-order valence-electron chi connectivity index (χ4n) is 2.54. The fourth-order valence-corrected chi connectivity index (χ4v) is 2.54. The van der Waals surface area contributed by atoms with Crippen LogP contribution < -0.4 is 11.1 Å². The third-order valence-corrected chi connectivity index (χ3v) is 3.94. The molecule has 0 saturated carbocycles. The van der Waals surface area contributed by atoms with Crippen LogP contribution in [0.4, 0.5) is 0 Å². The summed E-state index contributed by atoms with van der Waals surface area (Å²) < 4.78 is 0. The summed E-state index contributed by atoms with van der Waals surface area (Å²) in [5, 5.41) is 2.96. The van der Waals surface area contributed by atoms with E-state index in [1.54, 1.807) is 0 Å². The zero-order valence-electron chi connectivity index (χ0n) is 10.5. The lowest BCUT2D eigenvalue weighted by Crippen LogP contribution is -2.66. The average molecular weight is 239 g/mol. The van der Waals surface area contributed by atoms with Gasteiger partial charge in [0.2, 0.25) is 11.8 Å². The summed E-state index contributed by atoms with van der Waals surface area (Å²) in [7, 11) is 0. The van der Waals surface area contributed by atoms with Gasteiger partial charge in [0, 0.05) is 19.5 Å². The molecule has 2 fully saturated rings. The number of nitrogens with two attached hydrogens (primary N) is 1. The molecular formula is C12H21N3O2. The van der Waals surface area contributed by atoms with E-state index >= 15 is 0 Å². The molecule has 1 spiro atoms. The average Bonchev–Trinajstić information content (AvgIpc) is 2.26. The molecule has 96 valence electrons. The molecule has 2 heterocycles. The number of likely N-dealkylation sites (tertiary alicyclic amines) is 1. The lowest BCUT2D eigenvalue weighted by Gasteiger charge is -2.48. The minimum absolute atomic E-state index is 0.0181. The van der Waals surface area contributed by atoms with Crippen LogP contribution in [-0.4, -0.2) is 41.4 Å². The van der Waals surface area contributed by atoms with Gasteiger partial charge < -0.3 is 16.0 Å². The Morgan fingerprint density at radius 1 is 1.41 bits per heavy atom. The van der Waals surface area contributed by atoms with E-state index < -0.39 is 6.04 Å². The third-order valence-electron chi connectivity index (χ3n) is 3.94. The number of hydrogen-bond donors (Lipinski definition) is 2. The van der Waals surface area contributed by atoms with Crippen molar-refractivity contribution in [3.63, 3.8) is 0 Å². The van der Waals surface area contributed by atoms with Crippen molar-refractivity contribution in [3.8, 4) is 0 Å². The number of amides is 2. The first-order chi connectivity index (χ1) is 7.93. The van der Waals surface area contributed by atoms with Crippen molar-refractivity contribution >= 4 is 11.8 Å². The van der Waals surface area contributed by atoms with Crippen LogP contribution in [0, 0.1) is 5.92 Å². The Morgan fingerprint density at radius 2 is 1.94 bits per heavy atom. The molecule has 0 aromatic carbocycles. The van der Waals surface area contributed by atoms with Crippen molar-refractivity contribution in [2.24, 2.45) is 11.7 Å². The van der Waals surface area contributed by atoms with E-state index in [1.807, 2.05) is 18.7 Å². The topological polar surface area (TPSA) is 75.4 Å². The number of hydrogen-bond acceptors (Lipinski definition) is 3. The first-order valence-electron chi connectivity index (χ1n) is 6.29. The van der Waals surface area contributed by atoms with Gasteiger partial charge in [0.15, 0.2) is 0 Å². The van der Waals surface area contributed by atoms with E-state index in [9.17, 15) is 9.59 Å². The molecule has 2 aliphatic heterocycles. The minimum Gasteiger partial charge on any atom is -0.350 e. The molecule has 2 rings (SSSR count). The summed E-state index contributed by atoms with van der Waals surface area (Å²) >= 11 is 0. The largest absolute Gasteiger partial charge is 0.350 e. The van der Waals surface area contributed by atoms with E-state index in [2.05, 4.69) is 5.32 Å². The maximum Gasteiger partial charge on any atom is 0.239 e. The van der Waals surface area contributed by atoms with Crippen molar-refractivity contribution in [3.05, 3.63) is 0 Å². The van der Waals surface area contributed by atoms with Crippen molar-refractivity contribution < 1.29 is 9.59 Å². The van der Waals surface area contributed by atoms with Gasteiger partial charge in [-0.15, -0.1) is 0 Å². The van der Waals surface area contributed by atoms with Gasteiger partial charge in [-0.1, -0.05) is 13.8 Å². The molecule has 0 aliphatic carbocycles. The van der Waals surface area contributed by atoms with Crippen LogP contribution in [-0.2, 0) is 9.59 Å². The van der Waals surface area contributed by atoms with E-state index in [-0.39, 0.29) is 23.3 Å². The number of rotatable bonds is 2. The maximum absolute atomic E-state index is 12.0. The molecule has 1 atom stereocenters. The summed E-state index contributed by atoms with van der Waals surface area (Å²) in [5.74, 6) is 0.339. The number of piperidine rings is 1. The minimum atomic E-state index is -0.403. The monoisotopic (exact) mass is 239 g/mol. The van der Waals surface area contributed by atoms with Crippen molar-refractivity contribution in [2.45, 2.75) is 44.7 Å². The first-order valence-corrected chi connectivity index (χ1v) is 6.29. The van der Waals surface area contributed by atoms with Crippen molar-refractivity contribution in [2.75, 3.05) is 13.1 Å². The Labute approximate surface area is 102 Å². The van der Waals surface area contributed by atoms with Gasteiger partial charge in [0.25, 0.3) is 0 Å². The van der Waals surface area contributed by atoms with Crippen LogP contribution in [0.3, 0.4) is 0 Å². The predicted molar refractivity (Wildman–Crippen MR) is 64.1 cm³/mol. The van der Waals surface area contributed by atoms with E-state index in [4.69, 9.17) is 5.73 Å². The van der Waals surface area contributed by atoms with E-state index in [0.29, 0.717) is 19.5 Å². The molecule has 0 unspecified atom stereocenters. The summed E-state index contributed by atoms with van der Waals surface area (Å²) in [6.45, 7) is 5.33. The zero-order valence-corrected chi connectivity index (χ0v) is 10.5. The molecule has 2 aliphatic rings. The van der Waals surface area contributed by atoms with Crippen molar-refractivity contribution in [1.29, 1.82) is 0 Å². The number of β-lactam (4-membered cyclic amide) rings is 1. The van der Waals surface area contributed by atoms with E-state index in [0.717, 1.165) is 12.8 Å². The van der Waals surface area contributed by atoms with Crippen LogP contribution in [0.15, 0.2) is 0 Å². The van der Waals surface area contributed by atoms with Gasteiger partial charge in [0.05, 0.1) is 11.6 Å². The molecule has 5 nitrogen and oxygen atoms in total. The second-order valence-corrected chi connectivity index (χ2v) is 5.60. The summed E-state index contributed by atoms with van der Waals surface area (Å²) in [6, 6.07) is -0.403. The lowest BCUT2D eigenvalue weighted by atomic mass is 9.78. The van der Waals surface area contributed by atoms with Gasteiger partial charge in [-0.25, -0.2) is 0 Å². The van der Waals surface area contributed by atoms with Crippen LogP contribution in [0.5, 0.6) is 0 Å². The van der Waals surface area contributed by atoms with Crippen LogP contribution in [0.25, 0.3) is 0 Å².